The van der Waals surface area contributed by atoms with Crippen LogP contribution in [0.25, 0.3) is 0 Å². The van der Waals surface area contributed by atoms with Gasteiger partial charge in [0, 0.05) is 32.2 Å². The molecule has 4 rings (SSSR count). The number of fused-ring (bicyclic) bond motifs is 2. The van der Waals surface area contributed by atoms with E-state index in [0.29, 0.717) is 0 Å². The van der Waals surface area contributed by atoms with Crippen molar-refractivity contribution in [1.29, 1.82) is 0 Å². The SMILES string of the molecule is C1CN([C@@H]2CCC3CC2C3)CCN1. The summed E-state index contributed by atoms with van der Waals surface area (Å²) in [6.45, 7) is 5.02. The average molecular weight is 180 g/mol. The van der Waals surface area contributed by atoms with E-state index in [1.807, 2.05) is 0 Å². The van der Waals surface area contributed by atoms with Gasteiger partial charge in [-0.3, -0.25) is 4.90 Å². The highest BCUT2D eigenvalue weighted by atomic mass is 15.2. The highest BCUT2D eigenvalue weighted by Crippen LogP contribution is 2.47. The van der Waals surface area contributed by atoms with Gasteiger partial charge in [-0.2, -0.15) is 0 Å². The van der Waals surface area contributed by atoms with Crippen molar-refractivity contribution in [2.24, 2.45) is 11.8 Å². The molecule has 1 heterocycles. The molecule has 4 aliphatic rings. The maximum Gasteiger partial charge on any atom is 0.0125 e. The van der Waals surface area contributed by atoms with Gasteiger partial charge in [-0.15, -0.1) is 0 Å². The van der Waals surface area contributed by atoms with Gasteiger partial charge in [0.1, 0.15) is 0 Å². The van der Waals surface area contributed by atoms with Crippen LogP contribution < -0.4 is 5.32 Å². The van der Waals surface area contributed by atoms with E-state index >= 15 is 0 Å². The Balaban J connectivity index is 1.62. The molecular formula is C11H20N2. The Labute approximate surface area is 80.7 Å². The van der Waals surface area contributed by atoms with Crippen LogP contribution in [0.2, 0.25) is 0 Å². The summed E-state index contributed by atoms with van der Waals surface area (Å²) in [5, 5.41) is 3.44. The second-order valence-corrected chi connectivity index (χ2v) is 5.03. The quantitative estimate of drug-likeness (QED) is 0.649. The van der Waals surface area contributed by atoms with Crippen LogP contribution >= 0.6 is 0 Å². The maximum absolute atomic E-state index is 3.44. The third kappa shape index (κ3) is 1.40. The summed E-state index contributed by atoms with van der Waals surface area (Å²) in [6.07, 6.45) is 6.11. The molecule has 3 aliphatic carbocycles. The average Bonchev–Trinajstić information content (AvgIpc) is 2.18. The van der Waals surface area contributed by atoms with Gasteiger partial charge in [-0.05, 0) is 37.5 Å². The van der Waals surface area contributed by atoms with Gasteiger partial charge in [0.2, 0.25) is 0 Å². The zero-order valence-electron chi connectivity index (χ0n) is 8.34. The van der Waals surface area contributed by atoms with Crippen LogP contribution in [0.5, 0.6) is 0 Å². The number of hydrogen-bond donors (Lipinski definition) is 1. The van der Waals surface area contributed by atoms with Gasteiger partial charge in [0.15, 0.2) is 0 Å². The van der Waals surface area contributed by atoms with Crippen molar-refractivity contribution in [2.45, 2.75) is 31.7 Å². The molecule has 2 nitrogen and oxygen atoms in total. The Hall–Kier alpha value is -0.0800. The first-order chi connectivity index (χ1) is 6.43. The number of rotatable bonds is 1. The maximum atomic E-state index is 3.44. The van der Waals surface area contributed by atoms with Crippen LogP contribution in [0.1, 0.15) is 25.7 Å². The second-order valence-electron chi connectivity index (χ2n) is 5.03. The van der Waals surface area contributed by atoms with Crippen molar-refractivity contribution in [2.75, 3.05) is 26.2 Å². The van der Waals surface area contributed by atoms with Crippen LogP contribution in [0.4, 0.5) is 0 Å². The first-order valence-electron chi connectivity index (χ1n) is 5.88. The monoisotopic (exact) mass is 180 g/mol. The molecule has 13 heavy (non-hydrogen) atoms. The third-order valence-corrected chi connectivity index (χ3v) is 4.31. The lowest BCUT2D eigenvalue weighted by atomic mass is 9.62. The lowest BCUT2D eigenvalue weighted by Crippen LogP contribution is -2.55. The second kappa shape index (κ2) is 3.25. The fraction of sp³-hybridized carbons (Fsp3) is 1.00. The largest absolute Gasteiger partial charge is 0.314 e. The van der Waals surface area contributed by atoms with E-state index < -0.39 is 0 Å². The molecule has 0 aromatic rings. The van der Waals surface area contributed by atoms with Gasteiger partial charge in [-0.1, -0.05) is 0 Å². The predicted octanol–water partition coefficient (Wildman–Crippen LogP) is 1.08. The van der Waals surface area contributed by atoms with Crippen molar-refractivity contribution < 1.29 is 0 Å². The minimum absolute atomic E-state index is 0.965. The van der Waals surface area contributed by atoms with Crippen molar-refractivity contribution >= 4 is 0 Å². The number of nitrogens with zero attached hydrogens (tertiary/aromatic N) is 1. The fourth-order valence-corrected chi connectivity index (χ4v) is 3.47. The van der Waals surface area contributed by atoms with Gasteiger partial charge in [0.25, 0.3) is 0 Å². The molecule has 0 aromatic heterocycles. The summed E-state index contributed by atoms with van der Waals surface area (Å²) in [5.74, 6) is 2.21. The standard InChI is InChI=1S/C11H20N2/c1-2-11(10-7-9(1)8-10)13-5-3-12-4-6-13/h9-12H,1-8H2/t9?,10?,11-/m1/s1. The van der Waals surface area contributed by atoms with E-state index in [9.17, 15) is 0 Å². The van der Waals surface area contributed by atoms with Crippen LogP contribution in [0, 0.1) is 11.8 Å². The molecular weight excluding hydrogens is 160 g/mol. The van der Waals surface area contributed by atoms with Crippen molar-refractivity contribution in [3.8, 4) is 0 Å². The molecule has 1 atom stereocenters. The molecule has 3 saturated carbocycles. The molecule has 0 radical (unpaired) electrons. The molecule has 0 unspecified atom stereocenters. The molecule has 74 valence electrons. The Morgan fingerprint density at radius 1 is 1.00 bits per heavy atom. The lowest BCUT2D eigenvalue weighted by Gasteiger charge is -2.51. The summed E-state index contributed by atoms with van der Waals surface area (Å²) in [6, 6.07) is 0.965. The highest BCUT2D eigenvalue weighted by molar-refractivity contribution is 4.95. The molecule has 2 heteroatoms. The first kappa shape index (κ1) is 8.25. The molecule has 1 aliphatic heterocycles. The normalized spacial score (nSPS) is 45.7. The van der Waals surface area contributed by atoms with E-state index in [4.69, 9.17) is 0 Å². The summed E-state index contributed by atoms with van der Waals surface area (Å²) >= 11 is 0. The van der Waals surface area contributed by atoms with E-state index in [1.54, 1.807) is 12.8 Å². The van der Waals surface area contributed by atoms with Gasteiger partial charge in [-0.25, -0.2) is 0 Å². The summed E-state index contributed by atoms with van der Waals surface area (Å²) < 4.78 is 0. The minimum Gasteiger partial charge on any atom is -0.314 e. The van der Waals surface area contributed by atoms with E-state index in [-0.39, 0.29) is 0 Å². The molecule has 4 fully saturated rings. The lowest BCUT2D eigenvalue weighted by molar-refractivity contribution is -0.00292. The summed E-state index contributed by atoms with van der Waals surface area (Å²) in [7, 11) is 0. The van der Waals surface area contributed by atoms with Gasteiger partial charge < -0.3 is 5.32 Å². The summed E-state index contributed by atoms with van der Waals surface area (Å²) in [4.78, 5) is 2.75. The third-order valence-electron chi connectivity index (χ3n) is 4.31. The number of piperazine rings is 1. The number of nitrogens with one attached hydrogen (secondary N) is 1. The van der Waals surface area contributed by atoms with Crippen molar-refractivity contribution in [3.05, 3.63) is 0 Å². The van der Waals surface area contributed by atoms with Crippen LogP contribution in [0.15, 0.2) is 0 Å². The van der Waals surface area contributed by atoms with Crippen LogP contribution in [0.3, 0.4) is 0 Å². The van der Waals surface area contributed by atoms with Crippen LogP contribution in [-0.2, 0) is 0 Å². The fourth-order valence-electron chi connectivity index (χ4n) is 3.47. The zero-order valence-corrected chi connectivity index (χ0v) is 8.34. The first-order valence-corrected chi connectivity index (χ1v) is 5.88. The molecule has 1 N–H and O–H groups in total. The Morgan fingerprint density at radius 2 is 1.77 bits per heavy atom. The van der Waals surface area contributed by atoms with E-state index in [0.717, 1.165) is 17.9 Å². The summed E-state index contributed by atoms with van der Waals surface area (Å²) in [5.41, 5.74) is 0. The van der Waals surface area contributed by atoms with Crippen molar-refractivity contribution in [3.63, 3.8) is 0 Å². The van der Waals surface area contributed by atoms with Gasteiger partial charge >= 0.3 is 0 Å². The molecule has 1 saturated heterocycles. The van der Waals surface area contributed by atoms with E-state index in [1.165, 1.54) is 39.0 Å². The predicted molar refractivity (Wildman–Crippen MR) is 53.7 cm³/mol. The highest BCUT2D eigenvalue weighted by Gasteiger charge is 2.42. The Morgan fingerprint density at radius 3 is 2.38 bits per heavy atom. The number of hydrogen-bond acceptors (Lipinski definition) is 2. The molecule has 0 aromatic carbocycles. The van der Waals surface area contributed by atoms with Crippen molar-refractivity contribution in [1.82, 2.24) is 10.2 Å². The van der Waals surface area contributed by atoms with Crippen LogP contribution in [-0.4, -0.2) is 37.1 Å². The van der Waals surface area contributed by atoms with E-state index in [2.05, 4.69) is 10.2 Å². The topological polar surface area (TPSA) is 15.3 Å². The smallest absolute Gasteiger partial charge is 0.0125 e. The molecule has 2 bridgehead atoms. The Bertz CT molecular complexity index is 178. The molecule has 0 spiro atoms. The zero-order chi connectivity index (χ0) is 8.67. The minimum atomic E-state index is 0.965. The Kier molecular flexibility index (Phi) is 2.06. The van der Waals surface area contributed by atoms with Gasteiger partial charge in [0.05, 0.1) is 0 Å². The molecule has 0 amide bonds.